The fraction of sp³-hybridized carbons (Fsp3) is 0.567. The van der Waals surface area contributed by atoms with Crippen molar-refractivity contribution in [2.75, 3.05) is 63.2 Å². The summed E-state index contributed by atoms with van der Waals surface area (Å²) in [5, 5.41) is 5.33. The monoisotopic (exact) mass is 600 g/mol. The first-order valence-corrected chi connectivity index (χ1v) is 14.4. The van der Waals surface area contributed by atoms with E-state index in [1.54, 1.807) is 50.1 Å². The summed E-state index contributed by atoms with van der Waals surface area (Å²) in [6.45, 7) is 17.1. The summed E-state index contributed by atoms with van der Waals surface area (Å²) in [7, 11) is 0. The van der Waals surface area contributed by atoms with Crippen LogP contribution in [0.1, 0.15) is 57.7 Å². The van der Waals surface area contributed by atoms with Crippen LogP contribution < -0.4 is 10.6 Å². The molecule has 3 amide bonds. The molecule has 2 saturated heterocycles. The van der Waals surface area contributed by atoms with E-state index in [4.69, 9.17) is 18.9 Å². The van der Waals surface area contributed by atoms with Gasteiger partial charge in [-0.15, -0.1) is 0 Å². The maximum atomic E-state index is 12.3. The lowest BCUT2D eigenvalue weighted by Gasteiger charge is -2.26. The van der Waals surface area contributed by atoms with Crippen LogP contribution in [0, 0.1) is 0 Å². The van der Waals surface area contributed by atoms with Gasteiger partial charge >= 0.3 is 12.2 Å². The minimum Gasteiger partial charge on any atom is -0.444 e. The van der Waals surface area contributed by atoms with Crippen molar-refractivity contribution in [3.63, 3.8) is 0 Å². The zero-order valence-electron chi connectivity index (χ0n) is 26.0. The van der Waals surface area contributed by atoms with Gasteiger partial charge in [0, 0.05) is 56.5 Å². The SMILES string of the molecule is CC(C)(C)OC(=O)Nc1ccnc(C(=O)N2CCOCC2)c1.CC(C)(C)OC(=O)Nc1ccnc(CN2CCOCC2)c1. The molecule has 2 aliphatic rings. The second kappa shape index (κ2) is 15.6. The Balaban J connectivity index is 0.000000236. The third-order valence-electron chi connectivity index (χ3n) is 5.87. The highest BCUT2D eigenvalue weighted by molar-refractivity contribution is 5.94. The molecule has 0 saturated carbocycles. The number of carbonyl (C=O) groups is 3. The van der Waals surface area contributed by atoms with Crippen LogP contribution in [0.4, 0.5) is 21.0 Å². The number of nitrogens with zero attached hydrogens (tertiary/aromatic N) is 4. The Bertz CT molecular complexity index is 1220. The van der Waals surface area contributed by atoms with Crippen molar-refractivity contribution >= 4 is 29.5 Å². The molecule has 0 aliphatic carbocycles. The molecule has 0 radical (unpaired) electrons. The first kappa shape index (κ1) is 33.7. The normalized spacial score (nSPS) is 15.9. The van der Waals surface area contributed by atoms with E-state index < -0.39 is 23.4 Å². The average Bonchev–Trinajstić information content (AvgIpc) is 2.92. The van der Waals surface area contributed by atoms with Crippen LogP contribution >= 0.6 is 0 Å². The summed E-state index contributed by atoms with van der Waals surface area (Å²) in [6.07, 6.45) is 2.16. The van der Waals surface area contributed by atoms with Gasteiger partial charge in [0.15, 0.2) is 0 Å². The number of carbonyl (C=O) groups excluding carboxylic acids is 3. The Morgan fingerprint density at radius 1 is 0.767 bits per heavy atom. The maximum Gasteiger partial charge on any atom is 0.412 e. The summed E-state index contributed by atoms with van der Waals surface area (Å²) in [5.41, 5.74) is 1.29. The third-order valence-corrected chi connectivity index (χ3v) is 5.87. The second-order valence-electron chi connectivity index (χ2n) is 12.0. The molecule has 236 valence electrons. The second-order valence-corrected chi connectivity index (χ2v) is 12.0. The molecule has 2 fully saturated rings. The van der Waals surface area contributed by atoms with Gasteiger partial charge in [0.1, 0.15) is 16.9 Å². The molecule has 4 heterocycles. The summed E-state index contributed by atoms with van der Waals surface area (Å²) in [4.78, 5) is 48.2. The molecule has 4 rings (SSSR count). The Morgan fingerprint density at radius 3 is 1.79 bits per heavy atom. The lowest BCUT2D eigenvalue weighted by molar-refractivity contribution is 0.0299. The van der Waals surface area contributed by atoms with E-state index in [0.29, 0.717) is 37.7 Å². The third kappa shape index (κ3) is 12.9. The summed E-state index contributed by atoms with van der Waals surface area (Å²) < 4.78 is 21.0. The predicted molar refractivity (Wildman–Crippen MR) is 161 cm³/mol. The molecule has 13 heteroatoms. The number of hydrogen-bond acceptors (Lipinski definition) is 10. The summed E-state index contributed by atoms with van der Waals surface area (Å²) >= 11 is 0. The molecule has 2 aromatic rings. The van der Waals surface area contributed by atoms with Crippen LogP contribution in [-0.2, 0) is 25.5 Å². The number of nitrogens with one attached hydrogen (secondary N) is 2. The van der Waals surface area contributed by atoms with E-state index in [-0.39, 0.29) is 11.6 Å². The Hall–Kier alpha value is -3.81. The first-order chi connectivity index (χ1) is 20.3. The molecule has 2 aliphatic heterocycles. The lowest BCUT2D eigenvalue weighted by Crippen LogP contribution is -2.41. The number of hydrogen-bond donors (Lipinski definition) is 2. The summed E-state index contributed by atoms with van der Waals surface area (Å²) in [5.74, 6) is -0.170. The van der Waals surface area contributed by atoms with E-state index in [1.165, 1.54) is 6.20 Å². The van der Waals surface area contributed by atoms with Gasteiger partial charge in [-0.2, -0.15) is 0 Å². The number of ether oxygens (including phenoxy) is 4. The van der Waals surface area contributed by atoms with Crippen molar-refractivity contribution in [1.82, 2.24) is 19.8 Å². The van der Waals surface area contributed by atoms with Gasteiger partial charge in [-0.1, -0.05) is 0 Å². The smallest absolute Gasteiger partial charge is 0.412 e. The van der Waals surface area contributed by atoms with Crippen molar-refractivity contribution in [2.45, 2.75) is 59.3 Å². The fourth-order valence-corrected chi connectivity index (χ4v) is 4.03. The van der Waals surface area contributed by atoms with E-state index in [1.807, 2.05) is 26.8 Å². The van der Waals surface area contributed by atoms with Crippen molar-refractivity contribution in [3.05, 3.63) is 48.0 Å². The number of anilines is 2. The zero-order valence-corrected chi connectivity index (χ0v) is 26.0. The number of aromatic nitrogens is 2. The van der Waals surface area contributed by atoms with Crippen molar-refractivity contribution in [1.29, 1.82) is 0 Å². The lowest BCUT2D eigenvalue weighted by atomic mass is 10.2. The van der Waals surface area contributed by atoms with Crippen LogP contribution in [0.5, 0.6) is 0 Å². The van der Waals surface area contributed by atoms with Gasteiger partial charge in [-0.3, -0.25) is 30.3 Å². The molecule has 43 heavy (non-hydrogen) atoms. The highest BCUT2D eigenvalue weighted by Crippen LogP contribution is 2.15. The van der Waals surface area contributed by atoms with E-state index >= 15 is 0 Å². The molecule has 2 aromatic heterocycles. The summed E-state index contributed by atoms with van der Waals surface area (Å²) in [6, 6.07) is 6.79. The largest absolute Gasteiger partial charge is 0.444 e. The van der Waals surface area contributed by atoms with Gasteiger partial charge < -0.3 is 23.8 Å². The van der Waals surface area contributed by atoms with Crippen LogP contribution in [0.25, 0.3) is 0 Å². The molecular formula is C30H44N6O7. The van der Waals surface area contributed by atoms with E-state index in [9.17, 15) is 14.4 Å². The fourth-order valence-electron chi connectivity index (χ4n) is 4.03. The number of amides is 3. The molecule has 0 atom stereocenters. The minimum atomic E-state index is -0.580. The number of pyridine rings is 2. The van der Waals surface area contributed by atoms with Crippen LogP contribution in [0.3, 0.4) is 0 Å². The average molecular weight is 601 g/mol. The molecule has 0 aromatic carbocycles. The Labute approximate surface area is 253 Å². The molecular weight excluding hydrogens is 556 g/mol. The highest BCUT2D eigenvalue weighted by Gasteiger charge is 2.21. The quantitative estimate of drug-likeness (QED) is 0.513. The number of rotatable bonds is 5. The molecule has 0 bridgehead atoms. The van der Waals surface area contributed by atoms with Gasteiger partial charge in [0.05, 0.1) is 32.1 Å². The van der Waals surface area contributed by atoms with Gasteiger partial charge in [-0.25, -0.2) is 9.59 Å². The standard InChI is InChI=1S/C15H21N3O4.C15H23N3O3/c1-15(2,3)22-14(20)17-11-4-5-16-12(10-11)13(19)18-6-8-21-9-7-18;1-15(2,3)21-14(19)17-12-4-5-16-13(10-12)11-18-6-8-20-9-7-18/h4-5,10H,6-9H2,1-3H3,(H,16,17,20);4-5,10H,6-9,11H2,1-3H3,(H,16,17,19). The predicted octanol–water partition coefficient (Wildman–Crippen LogP) is 4.16. The Morgan fingerprint density at radius 2 is 1.26 bits per heavy atom. The van der Waals surface area contributed by atoms with Gasteiger partial charge in [0.25, 0.3) is 5.91 Å². The minimum absolute atomic E-state index is 0.170. The van der Waals surface area contributed by atoms with Crippen LogP contribution in [0.15, 0.2) is 36.7 Å². The van der Waals surface area contributed by atoms with Gasteiger partial charge in [-0.05, 0) is 65.8 Å². The molecule has 13 nitrogen and oxygen atoms in total. The highest BCUT2D eigenvalue weighted by atomic mass is 16.6. The van der Waals surface area contributed by atoms with Crippen molar-refractivity contribution < 1.29 is 33.3 Å². The van der Waals surface area contributed by atoms with E-state index in [0.717, 1.165) is 38.5 Å². The first-order valence-electron chi connectivity index (χ1n) is 14.4. The zero-order chi connectivity index (χ0) is 31.5. The number of morpholine rings is 2. The molecule has 2 N–H and O–H groups in total. The van der Waals surface area contributed by atoms with E-state index in [2.05, 4.69) is 25.5 Å². The van der Waals surface area contributed by atoms with Crippen molar-refractivity contribution in [3.8, 4) is 0 Å². The maximum absolute atomic E-state index is 12.3. The van der Waals surface area contributed by atoms with Gasteiger partial charge in [0.2, 0.25) is 0 Å². The van der Waals surface area contributed by atoms with Crippen LogP contribution in [0.2, 0.25) is 0 Å². The topological polar surface area (TPSA) is 144 Å². The molecule has 0 unspecified atom stereocenters. The van der Waals surface area contributed by atoms with Crippen molar-refractivity contribution in [2.24, 2.45) is 0 Å². The van der Waals surface area contributed by atoms with Crippen LogP contribution in [-0.4, -0.2) is 102 Å². The Kier molecular flexibility index (Phi) is 12.2. The molecule has 0 spiro atoms.